The first kappa shape index (κ1) is 52.8. The Morgan fingerprint density at radius 2 is 0.938 bits per heavy atom. The summed E-state index contributed by atoms with van der Waals surface area (Å²) in [5, 5.41) is 5.21. The van der Waals surface area contributed by atoms with E-state index in [4.69, 9.17) is 4.42 Å². The lowest BCUT2D eigenvalue weighted by Crippen LogP contribution is -2.61. The second kappa shape index (κ2) is 16.1. The lowest BCUT2D eigenvalue weighted by molar-refractivity contribution is 0.332. The number of hydrogen-bond acceptors (Lipinski definition) is 4. The third-order valence-electron chi connectivity index (χ3n) is 22.6. The van der Waals surface area contributed by atoms with Gasteiger partial charge in [0.15, 0.2) is 0 Å². The van der Waals surface area contributed by atoms with Crippen LogP contribution in [0.25, 0.3) is 43.2 Å². The Hall–Kier alpha value is -5.26. The first-order valence-corrected chi connectivity index (χ1v) is 31.7. The van der Waals surface area contributed by atoms with E-state index in [0.29, 0.717) is 0 Å². The van der Waals surface area contributed by atoms with E-state index in [1.165, 1.54) is 165 Å². The second-order valence-corrected chi connectivity index (χ2v) is 33.9. The van der Waals surface area contributed by atoms with Crippen molar-refractivity contribution in [1.82, 2.24) is 0 Å². The lowest BCUT2D eigenvalue weighted by atomic mass is 9.43. The number of furan rings is 1. The molecule has 414 valence electrons. The van der Waals surface area contributed by atoms with Crippen molar-refractivity contribution < 1.29 is 4.42 Å². The molecule has 0 bridgehead atoms. The van der Waals surface area contributed by atoms with Gasteiger partial charge in [-0.3, -0.25) is 0 Å². The smallest absolute Gasteiger partial charge is 0.334 e. The zero-order valence-electron chi connectivity index (χ0n) is 52.5. The van der Waals surface area contributed by atoms with Crippen molar-refractivity contribution in [3.05, 3.63) is 134 Å². The van der Waals surface area contributed by atoms with Gasteiger partial charge in [-0.2, -0.15) is 0 Å². The van der Waals surface area contributed by atoms with Crippen LogP contribution in [0.4, 0.5) is 27.8 Å². The summed E-state index contributed by atoms with van der Waals surface area (Å²) < 4.78 is 9.05. The van der Waals surface area contributed by atoms with Crippen LogP contribution in [0.3, 0.4) is 0 Å². The maximum atomic E-state index is 7.65. The van der Waals surface area contributed by atoms with E-state index in [-0.39, 0.29) is 55.6 Å². The Morgan fingerprint density at radius 1 is 0.450 bits per heavy atom. The zero-order valence-corrected chi connectivity index (χ0v) is 53.3. The number of fused-ring (bicyclic) bond motifs is 14. The highest BCUT2D eigenvalue weighted by molar-refractivity contribution is 7.26. The van der Waals surface area contributed by atoms with Crippen molar-refractivity contribution in [2.24, 2.45) is 0 Å². The summed E-state index contributed by atoms with van der Waals surface area (Å²) in [6.07, 6.45) is 9.41. The van der Waals surface area contributed by atoms with E-state index in [0.717, 1.165) is 24.0 Å². The number of hydrogen-bond donors (Lipinski definition) is 0. The molecular weight excluding hydrogens is 988 g/mol. The molecule has 8 aromatic rings. The molecule has 0 spiro atoms. The summed E-state index contributed by atoms with van der Waals surface area (Å²) >= 11 is 2.05. The Morgan fingerprint density at radius 3 is 1.50 bits per heavy atom. The second-order valence-electron chi connectivity index (χ2n) is 32.8. The van der Waals surface area contributed by atoms with Gasteiger partial charge in [0, 0.05) is 38.1 Å². The summed E-state index contributed by atoms with van der Waals surface area (Å²) in [5.74, 6) is 0. The summed E-state index contributed by atoms with van der Waals surface area (Å²) in [7, 11) is 0. The first-order chi connectivity index (χ1) is 37.1. The molecule has 80 heavy (non-hydrogen) atoms. The van der Waals surface area contributed by atoms with Crippen LogP contribution in [0, 0.1) is 6.92 Å². The molecule has 2 aliphatic heterocycles. The Bertz CT molecular complexity index is 4040. The number of rotatable bonds is 2. The van der Waals surface area contributed by atoms with Gasteiger partial charge in [0.25, 0.3) is 0 Å². The fourth-order valence-corrected chi connectivity index (χ4v) is 17.8. The van der Waals surface area contributed by atoms with Crippen LogP contribution in [0.1, 0.15) is 239 Å². The molecule has 14 rings (SSSR count). The van der Waals surface area contributed by atoms with Crippen LogP contribution in [0.2, 0.25) is 0 Å². The molecule has 0 saturated carbocycles. The van der Waals surface area contributed by atoms with Gasteiger partial charge in [-0.1, -0.05) is 150 Å². The normalized spacial score (nSPS) is 21.8. The monoisotopic (exact) mass is 1080 g/mol. The van der Waals surface area contributed by atoms with Crippen molar-refractivity contribution in [2.45, 2.75) is 239 Å². The van der Waals surface area contributed by atoms with Gasteiger partial charge in [0.1, 0.15) is 11.2 Å². The Balaban J connectivity index is 1.16. The van der Waals surface area contributed by atoms with Gasteiger partial charge in [-0.25, -0.2) is 0 Å². The number of aryl methyl sites for hydroxylation is 1. The minimum atomic E-state index is -0.146. The van der Waals surface area contributed by atoms with Crippen molar-refractivity contribution in [3.63, 3.8) is 0 Å². The summed E-state index contributed by atoms with van der Waals surface area (Å²) in [5.41, 5.74) is 27.5. The molecule has 0 N–H and O–H groups in total. The van der Waals surface area contributed by atoms with Gasteiger partial charge in [-0.05, 0) is 245 Å². The fourth-order valence-electron chi connectivity index (χ4n) is 16.6. The van der Waals surface area contributed by atoms with E-state index in [1.54, 1.807) is 0 Å². The van der Waals surface area contributed by atoms with Gasteiger partial charge in [-0.15, -0.1) is 11.3 Å². The standard InChI is InChI=1S/C75H89BN2OS/c1-42-33-50-54(73(15,16)30-27-69(50,7)8)39-58(42)77-59-35-43(67(2,3)4)34-48-62-57(24-22-45-46-37-52-55(40-60(46)79-65(45)62)74(17,18)31-28-71(52,11)12)78(44-21-23-49-51(36-44)70(9,10)26-25-68(49,5)6)76(63(48)59)64-47-38-53-56(41-61(47)80-66(64)77)75(19,20)32-29-72(53,13)14/h21-24,33-41H,25-32H2,1-20H3. The maximum absolute atomic E-state index is 7.65. The molecule has 2 aromatic heterocycles. The van der Waals surface area contributed by atoms with E-state index >= 15 is 0 Å². The largest absolute Gasteiger partial charge is 0.455 e. The van der Waals surface area contributed by atoms with Crippen LogP contribution in [-0.4, -0.2) is 6.85 Å². The number of thiophene rings is 1. The Labute approximate surface area is 484 Å². The van der Waals surface area contributed by atoms with Crippen molar-refractivity contribution in [3.8, 4) is 11.1 Å². The van der Waals surface area contributed by atoms with Gasteiger partial charge in [0.05, 0.1) is 10.7 Å². The first-order valence-electron chi connectivity index (χ1n) is 30.9. The highest BCUT2D eigenvalue weighted by atomic mass is 32.1. The number of anilines is 5. The predicted molar refractivity (Wildman–Crippen MR) is 347 cm³/mol. The number of nitrogens with zero attached hydrogens (tertiary/aromatic N) is 2. The lowest BCUT2D eigenvalue weighted by Gasteiger charge is -2.47. The molecule has 4 aliphatic carbocycles. The third-order valence-corrected chi connectivity index (χ3v) is 23.8. The average Bonchev–Trinajstić information content (AvgIpc) is 3.95. The molecule has 6 aromatic carbocycles. The van der Waals surface area contributed by atoms with E-state index < -0.39 is 0 Å². The van der Waals surface area contributed by atoms with Gasteiger partial charge in [0.2, 0.25) is 0 Å². The average molecular weight is 1080 g/mol. The van der Waals surface area contributed by atoms with E-state index in [2.05, 4.69) is 227 Å². The quantitative estimate of drug-likeness (QED) is 0.161. The SMILES string of the molecule is Cc1cc2c(cc1N1c3cc(C(C)(C)C)cc4c3B(c3c1sc1cc5c(cc31)C(C)(C)CCC5(C)C)N(c1ccc3c(c1)C(C)(C)CCC3(C)C)c1ccc3c(oc5cc6c(cc53)C(C)(C)CCC6(C)C)c1-4)C(C)(C)CCC2(C)C. The van der Waals surface area contributed by atoms with Crippen LogP contribution in [-0.2, 0) is 48.7 Å². The molecule has 0 radical (unpaired) electrons. The van der Waals surface area contributed by atoms with Crippen LogP contribution >= 0.6 is 11.3 Å². The Kier molecular flexibility index (Phi) is 10.6. The number of benzene rings is 6. The predicted octanol–water partition coefficient (Wildman–Crippen LogP) is 20.5. The maximum Gasteiger partial charge on any atom is 0.334 e. The summed E-state index contributed by atoms with van der Waals surface area (Å²) in [6.45, 7) is 49.2. The minimum Gasteiger partial charge on any atom is -0.455 e. The molecular formula is C75H89BN2OS. The molecule has 0 fully saturated rings. The topological polar surface area (TPSA) is 19.6 Å². The summed E-state index contributed by atoms with van der Waals surface area (Å²) in [6, 6.07) is 33.5. The molecule has 0 saturated heterocycles. The zero-order chi connectivity index (χ0) is 56.9. The molecule has 3 nitrogen and oxygen atoms in total. The van der Waals surface area contributed by atoms with Gasteiger partial charge >= 0.3 is 6.85 Å². The van der Waals surface area contributed by atoms with Crippen LogP contribution in [0.5, 0.6) is 0 Å². The minimum absolute atomic E-state index is 0.0287. The fraction of sp³-hybridized carbons (Fsp3) is 0.493. The van der Waals surface area contributed by atoms with Crippen LogP contribution < -0.4 is 20.6 Å². The van der Waals surface area contributed by atoms with Crippen LogP contribution in [0.15, 0.2) is 83.3 Å². The van der Waals surface area contributed by atoms with Crippen molar-refractivity contribution >= 4 is 88.9 Å². The molecule has 4 heterocycles. The molecule has 5 heteroatoms. The highest BCUT2D eigenvalue weighted by Gasteiger charge is 2.51. The molecule has 0 amide bonds. The molecule has 0 unspecified atom stereocenters. The third kappa shape index (κ3) is 7.28. The molecule has 0 atom stereocenters. The summed E-state index contributed by atoms with van der Waals surface area (Å²) in [4.78, 5) is 5.62. The van der Waals surface area contributed by atoms with E-state index in [1.807, 2.05) is 11.3 Å². The molecule has 6 aliphatic rings. The van der Waals surface area contributed by atoms with Gasteiger partial charge < -0.3 is 14.1 Å². The van der Waals surface area contributed by atoms with Crippen molar-refractivity contribution in [2.75, 3.05) is 9.71 Å². The highest BCUT2D eigenvalue weighted by Crippen LogP contribution is 2.59. The van der Waals surface area contributed by atoms with E-state index in [9.17, 15) is 0 Å². The van der Waals surface area contributed by atoms with Crippen molar-refractivity contribution in [1.29, 1.82) is 0 Å².